The fourth-order valence-electron chi connectivity index (χ4n) is 2.58. The van der Waals surface area contributed by atoms with Crippen LogP contribution in [0.5, 0.6) is 17.2 Å². The molecule has 0 aliphatic rings. The van der Waals surface area contributed by atoms with Gasteiger partial charge in [0.2, 0.25) is 0 Å². The number of hydrogen-bond donors (Lipinski definition) is 1. The van der Waals surface area contributed by atoms with E-state index in [4.69, 9.17) is 14.2 Å². The Balaban J connectivity index is 1.53. The molecule has 0 radical (unpaired) electrons. The average molecular weight is 377 g/mol. The first-order valence-electron chi connectivity index (χ1n) is 9.03. The van der Waals surface area contributed by atoms with Crippen LogP contribution in [-0.4, -0.2) is 19.1 Å². The second kappa shape index (κ2) is 9.46. The van der Waals surface area contributed by atoms with Crippen LogP contribution in [-0.2, 0) is 11.4 Å². The predicted molar refractivity (Wildman–Crippen MR) is 109 cm³/mol. The van der Waals surface area contributed by atoms with Crippen LogP contribution in [0.4, 0.5) is 5.69 Å². The van der Waals surface area contributed by atoms with Gasteiger partial charge in [-0.1, -0.05) is 42.5 Å². The Labute approximate surface area is 164 Å². The van der Waals surface area contributed by atoms with Gasteiger partial charge in [0, 0.05) is 5.69 Å². The molecule has 144 valence electrons. The second-order valence-electron chi connectivity index (χ2n) is 6.20. The van der Waals surface area contributed by atoms with Crippen molar-refractivity contribution in [2.45, 2.75) is 19.6 Å². The van der Waals surface area contributed by atoms with Gasteiger partial charge < -0.3 is 19.5 Å². The monoisotopic (exact) mass is 377 g/mol. The minimum absolute atomic E-state index is 0.246. The fourth-order valence-corrected chi connectivity index (χ4v) is 2.58. The smallest absolute Gasteiger partial charge is 0.265 e. The topological polar surface area (TPSA) is 56.8 Å². The van der Waals surface area contributed by atoms with Gasteiger partial charge in [-0.3, -0.25) is 4.79 Å². The molecule has 3 aromatic carbocycles. The lowest BCUT2D eigenvalue weighted by Crippen LogP contribution is -2.30. The number of rotatable bonds is 8. The van der Waals surface area contributed by atoms with Crippen LogP contribution < -0.4 is 19.5 Å². The first kappa shape index (κ1) is 19.3. The van der Waals surface area contributed by atoms with E-state index in [9.17, 15) is 4.79 Å². The molecule has 3 rings (SSSR count). The maximum Gasteiger partial charge on any atom is 0.265 e. The highest BCUT2D eigenvalue weighted by atomic mass is 16.5. The number of carbonyl (C=O) groups excluding carboxylic acids is 1. The van der Waals surface area contributed by atoms with E-state index in [1.165, 1.54) is 0 Å². The molecular formula is C23H23NO4. The second-order valence-corrected chi connectivity index (χ2v) is 6.20. The average Bonchev–Trinajstić information content (AvgIpc) is 2.74. The summed E-state index contributed by atoms with van der Waals surface area (Å²) in [6, 6.07) is 24.4. The lowest BCUT2D eigenvalue weighted by Gasteiger charge is -2.16. The summed E-state index contributed by atoms with van der Waals surface area (Å²) in [6.45, 7) is 2.19. The molecule has 3 aromatic rings. The molecule has 0 aliphatic carbocycles. The number of hydrogen-bond acceptors (Lipinski definition) is 4. The van der Waals surface area contributed by atoms with Crippen LogP contribution in [0.2, 0.25) is 0 Å². The van der Waals surface area contributed by atoms with Gasteiger partial charge in [-0.15, -0.1) is 0 Å². The highest BCUT2D eigenvalue weighted by Crippen LogP contribution is 2.27. The summed E-state index contributed by atoms with van der Waals surface area (Å²) in [4.78, 5) is 12.4. The van der Waals surface area contributed by atoms with E-state index in [1.807, 2.05) is 54.6 Å². The largest absolute Gasteiger partial charge is 0.493 e. The van der Waals surface area contributed by atoms with E-state index in [0.29, 0.717) is 23.8 Å². The van der Waals surface area contributed by atoms with E-state index in [2.05, 4.69) is 5.32 Å². The Bertz CT molecular complexity index is 894. The van der Waals surface area contributed by atoms with Gasteiger partial charge in [0.05, 0.1) is 7.11 Å². The quantitative estimate of drug-likeness (QED) is 0.619. The standard InChI is InChI=1S/C23H23NO4/c1-17(28-22-11-7-6-10-21(22)26-2)23(25)24-19-12-14-20(15-13-19)27-16-18-8-4-3-5-9-18/h3-15,17H,16H2,1-2H3,(H,24,25). The molecule has 0 fully saturated rings. The number of benzene rings is 3. The maximum absolute atomic E-state index is 12.4. The number of nitrogens with one attached hydrogen (secondary N) is 1. The fraction of sp³-hybridized carbons (Fsp3) is 0.174. The molecule has 1 amide bonds. The molecule has 1 atom stereocenters. The van der Waals surface area contributed by atoms with Gasteiger partial charge in [-0.2, -0.15) is 0 Å². The summed E-state index contributed by atoms with van der Waals surface area (Å²) < 4.78 is 16.7. The summed E-state index contributed by atoms with van der Waals surface area (Å²) in [5.41, 5.74) is 1.77. The van der Waals surface area contributed by atoms with Gasteiger partial charge >= 0.3 is 0 Å². The maximum atomic E-state index is 12.4. The minimum Gasteiger partial charge on any atom is -0.493 e. The molecule has 5 nitrogen and oxygen atoms in total. The Morgan fingerprint density at radius 3 is 2.21 bits per heavy atom. The van der Waals surface area contributed by atoms with E-state index >= 15 is 0 Å². The Hall–Kier alpha value is -3.47. The van der Waals surface area contributed by atoms with Gasteiger partial charge in [0.25, 0.3) is 5.91 Å². The highest BCUT2D eigenvalue weighted by Gasteiger charge is 2.16. The molecule has 0 saturated heterocycles. The van der Waals surface area contributed by atoms with Crippen molar-refractivity contribution in [2.24, 2.45) is 0 Å². The van der Waals surface area contributed by atoms with Crippen molar-refractivity contribution in [3.63, 3.8) is 0 Å². The summed E-state index contributed by atoms with van der Waals surface area (Å²) in [7, 11) is 1.56. The number of amides is 1. The van der Waals surface area contributed by atoms with Crippen molar-refractivity contribution in [3.8, 4) is 17.2 Å². The van der Waals surface area contributed by atoms with Gasteiger partial charge in [0.15, 0.2) is 17.6 Å². The van der Waals surface area contributed by atoms with Crippen LogP contribution >= 0.6 is 0 Å². The van der Waals surface area contributed by atoms with Crippen molar-refractivity contribution in [1.82, 2.24) is 0 Å². The van der Waals surface area contributed by atoms with Crippen molar-refractivity contribution >= 4 is 11.6 Å². The van der Waals surface area contributed by atoms with Gasteiger partial charge in [-0.25, -0.2) is 0 Å². The van der Waals surface area contributed by atoms with E-state index in [0.717, 1.165) is 11.3 Å². The molecule has 28 heavy (non-hydrogen) atoms. The van der Waals surface area contributed by atoms with Crippen LogP contribution in [0.15, 0.2) is 78.9 Å². The molecule has 0 bridgehead atoms. The zero-order valence-electron chi connectivity index (χ0n) is 15.9. The van der Waals surface area contributed by atoms with Crippen molar-refractivity contribution < 1.29 is 19.0 Å². The summed E-state index contributed by atoms with van der Waals surface area (Å²) in [6.07, 6.45) is -0.676. The first-order valence-corrected chi connectivity index (χ1v) is 9.03. The summed E-state index contributed by atoms with van der Waals surface area (Å²) in [5, 5.41) is 2.84. The lowest BCUT2D eigenvalue weighted by atomic mass is 10.2. The molecule has 0 aromatic heterocycles. The number of para-hydroxylation sites is 2. The predicted octanol–water partition coefficient (Wildman–Crippen LogP) is 4.68. The highest BCUT2D eigenvalue weighted by molar-refractivity contribution is 5.94. The lowest BCUT2D eigenvalue weighted by molar-refractivity contribution is -0.122. The molecule has 0 heterocycles. The van der Waals surface area contributed by atoms with E-state index < -0.39 is 6.10 Å². The Morgan fingerprint density at radius 2 is 1.54 bits per heavy atom. The van der Waals surface area contributed by atoms with Crippen molar-refractivity contribution in [3.05, 3.63) is 84.4 Å². The van der Waals surface area contributed by atoms with E-state index in [1.54, 1.807) is 38.3 Å². The zero-order chi connectivity index (χ0) is 19.8. The van der Waals surface area contributed by atoms with Crippen LogP contribution in [0.3, 0.4) is 0 Å². The summed E-state index contributed by atoms with van der Waals surface area (Å²) >= 11 is 0. The number of methoxy groups -OCH3 is 1. The van der Waals surface area contributed by atoms with Crippen LogP contribution in [0.1, 0.15) is 12.5 Å². The third kappa shape index (κ3) is 5.27. The Morgan fingerprint density at radius 1 is 0.893 bits per heavy atom. The van der Waals surface area contributed by atoms with Gasteiger partial charge in [-0.05, 0) is 48.9 Å². The molecular weight excluding hydrogens is 354 g/mol. The molecule has 1 unspecified atom stereocenters. The molecule has 1 N–H and O–H groups in total. The summed E-state index contributed by atoms with van der Waals surface area (Å²) in [5.74, 6) is 1.60. The Kier molecular flexibility index (Phi) is 6.52. The first-order chi connectivity index (χ1) is 13.7. The molecule has 0 saturated carbocycles. The van der Waals surface area contributed by atoms with Crippen molar-refractivity contribution in [1.29, 1.82) is 0 Å². The normalized spacial score (nSPS) is 11.4. The van der Waals surface area contributed by atoms with Gasteiger partial charge in [0.1, 0.15) is 12.4 Å². The molecule has 0 spiro atoms. The molecule has 5 heteroatoms. The SMILES string of the molecule is COc1ccccc1OC(C)C(=O)Nc1ccc(OCc2ccccc2)cc1. The van der Waals surface area contributed by atoms with E-state index in [-0.39, 0.29) is 5.91 Å². The van der Waals surface area contributed by atoms with Crippen molar-refractivity contribution in [2.75, 3.05) is 12.4 Å². The molecule has 0 aliphatic heterocycles. The number of carbonyl (C=O) groups is 1. The van der Waals surface area contributed by atoms with Crippen LogP contribution in [0, 0.1) is 0 Å². The number of ether oxygens (including phenoxy) is 3. The minimum atomic E-state index is -0.676. The number of anilines is 1. The zero-order valence-corrected chi connectivity index (χ0v) is 15.9. The van der Waals surface area contributed by atoms with Crippen LogP contribution in [0.25, 0.3) is 0 Å². The third-order valence-electron chi connectivity index (χ3n) is 4.11. The third-order valence-corrected chi connectivity index (χ3v) is 4.11.